The molecule has 0 saturated heterocycles. The van der Waals surface area contributed by atoms with E-state index in [1.165, 1.54) is 23.1 Å². The molecule has 0 aliphatic heterocycles. The van der Waals surface area contributed by atoms with Crippen LogP contribution >= 0.6 is 34.7 Å². The van der Waals surface area contributed by atoms with E-state index in [4.69, 9.17) is 11.6 Å². The van der Waals surface area contributed by atoms with Crippen molar-refractivity contribution in [1.29, 1.82) is 0 Å². The third kappa shape index (κ3) is 5.63. The van der Waals surface area contributed by atoms with Crippen molar-refractivity contribution in [2.24, 2.45) is 0 Å². The van der Waals surface area contributed by atoms with Crippen molar-refractivity contribution in [3.63, 3.8) is 0 Å². The number of halogens is 1. The van der Waals surface area contributed by atoms with Gasteiger partial charge in [-0.15, -0.1) is 23.1 Å². The highest BCUT2D eigenvalue weighted by atomic mass is 35.5. The smallest absolute Gasteiger partial charge is 0.265 e. The SMILES string of the molecule is CCC(Sc1cccc(NC(=O)c2cccs2)c1)C(=O)Nc1cccc(Cl)c1C. The van der Waals surface area contributed by atoms with E-state index in [1.54, 1.807) is 12.1 Å². The van der Waals surface area contributed by atoms with Crippen molar-refractivity contribution in [2.75, 3.05) is 10.6 Å². The van der Waals surface area contributed by atoms with Gasteiger partial charge in [-0.25, -0.2) is 0 Å². The average Bonchev–Trinajstić information content (AvgIpc) is 3.25. The topological polar surface area (TPSA) is 58.2 Å². The van der Waals surface area contributed by atoms with Crippen LogP contribution in [0.3, 0.4) is 0 Å². The molecule has 0 aliphatic rings. The van der Waals surface area contributed by atoms with Crippen LogP contribution in [0.25, 0.3) is 0 Å². The second kappa shape index (κ2) is 9.96. The van der Waals surface area contributed by atoms with Crippen molar-refractivity contribution in [3.8, 4) is 0 Å². The largest absolute Gasteiger partial charge is 0.325 e. The third-order valence-corrected chi connectivity index (χ3v) is 6.94. The van der Waals surface area contributed by atoms with Gasteiger partial charge in [0.25, 0.3) is 5.91 Å². The van der Waals surface area contributed by atoms with Crippen LogP contribution < -0.4 is 10.6 Å². The Bertz CT molecular complexity index is 1010. The molecule has 29 heavy (non-hydrogen) atoms. The Labute approximate surface area is 183 Å². The van der Waals surface area contributed by atoms with Gasteiger partial charge >= 0.3 is 0 Å². The number of carbonyl (C=O) groups is 2. The van der Waals surface area contributed by atoms with E-state index in [1.807, 2.05) is 61.7 Å². The van der Waals surface area contributed by atoms with E-state index in [9.17, 15) is 9.59 Å². The summed E-state index contributed by atoms with van der Waals surface area (Å²) >= 11 is 9.01. The zero-order valence-electron chi connectivity index (χ0n) is 16.1. The minimum Gasteiger partial charge on any atom is -0.325 e. The summed E-state index contributed by atoms with van der Waals surface area (Å²) in [6, 6.07) is 16.6. The zero-order chi connectivity index (χ0) is 20.8. The number of carbonyl (C=O) groups excluding carboxylic acids is 2. The van der Waals surface area contributed by atoms with Crippen LogP contribution in [0.2, 0.25) is 5.02 Å². The molecule has 1 heterocycles. The van der Waals surface area contributed by atoms with E-state index in [0.717, 1.165) is 16.1 Å². The molecule has 1 unspecified atom stereocenters. The van der Waals surface area contributed by atoms with Crippen LogP contribution in [-0.2, 0) is 4.79 Å². The van der Waals surface area contributed by atoms with Crippen LogP contribution in [0.1, 0.15) is 28.6 Å². The second-order valence-electron chi connectivity index (χ2n) is 6.38. The van der Waals surface area contributed by atoms with E-state index >= 15 is 0 Å². The molecular weight excluding hydrogens is 424 g/mol. The summed E-state index contributed by atoms with van der Waals surface area (Å²) in [6.45, 7) is 3.86. The first-order valence-corrected chi connectivity index (χ1v) is 11.3. The normalized spacial score (nSPS) is 11.7. The summed E-state index contributed by atoms with van der Waals surface area (Å²) in [4.78, 5) is 26.6. The van der Waals surface area contributed by atoms with Gasteiger partial charge in [0.1, 0.15) is 0 Å². The molecule has 3 rings (SSSR count). The van der Waals surface area contributed by atoms with Crippen molar-refractivity contribution in [2.45, 2.75) is 30.4 Å². The molecule has 0 spiro atoms. The maximum Gasteiger partial charge on any atom is 0.265 e. The van der Waals surface area contributed by atoms with Crippen molar-refractivity contribution in [1.82, 2.24) is 0 Å². The molecule has 0 radical (unpaired) electrons. The molecule has 2 N–H and O–H groups in total. The Morgan fingerprint density at radius 3 is 2.62 bits per heavy atom. The molecule has 7 heteroatoms. The summed E-state index contributed by atoms with van der Waals surface area (Å²) in [7, 11) is 0. The molecule has 2 amide bonds. The van der Waals surface area contributed by atoms with Gasteiger partial charge < -0.3 is 10.6 Å². The Balaban J connectivity index is 1.68. The average molecular weight is 445 g/mol. The summed E-state index contributed by atoms with van der Waals surface area (Å²) in [5.74, 6) is -0.209. The minimum absolute atomic E-state index is 0.0732. The highest BCUT2D eigenvalue weighted by molar-refractivity contribution is 8.00. The Hall–Kier alpha value is -2.28. The predicted molar refractivity (Wildman–Crippen MR) is 123 cm³/mol. The number of thiophene rings is 1. The number of benzene rings is 2. The van der Waals surface area contributed by atoms with Gasteiger partial charge in [-0.2, -0.15) is 0 Å². The minimum atomic E-state index is -0.267. The van der Waals surface area contributed by atoms with Gasteiger partial charge in [0.2, 0.25) is 5.91 Å². The van der Waals surface area contributed by atoms with Gasteiger partial charge in [0.05, 0.1) is 10.1 Å². The molecule has 0 fully saturated rings. The summed E-state index contributed by atoms with van der Waals surface area (Å²) < 4.78 is 0. The van der Waals surface area contributed by atoms with Crippen LogP contribution in [0.4, 0.5) is 11.4 Å². The Morgan fingerprint density at radius 1 is 1.10 bits per heavy atom. The Kier molecular flexibility index (Phi) is 7.36. The number of amides is 2. The number of thioether (sulfide) groups is 1. The van der Waals surface area contributed by atoms with Gasteiger partial charge in [-0.05, 0) is 60.7 Å². The monoisotopic (exact) mass is 444 g/mol. The highest BCUT2D eigenvalue weighted by Crippen LogP contribution is 2.30. The molecule has 0 saturated carbocycles. The lowest BCUT2D eigenvalue weighted by atomic mass is 10.2. The fourth-order valence-corrected chi connectivity index (χ4v) is 4.50. The van der Waals surface area contributed by atoms with E-state index < -0.39 is 0 Å². The number of nitrogens with one attached hydrogen (secondary N) is 2. The van der Waals surface area contributed by atoms with Gasteiger partial charge in [-0.3, -0.25) is 9.59 Å². The van der Waals surface area contributed by atoms with Crippen LogP contribution in [0.5, 0.6) is 0 Å². The number of hydrogen-bond acceptors (Lipinski definition) is 4. The van der Waals surface area contributed by atoms with E-state index in [-0.39, 0.29) is 17.1 Å². The van der Waals surface area contributed by atoms with Crippen LogP contribution in [0, 0.1) is 6.92 Å². The van der Waals surface area contributed by atoms with Crippen LogP contribution in [0.15, 0.2) is 64.9 Å². The Morgan fingerprint density at radius 2 is 1.90 bits per heavy atom. The van der Waals surface area contributed by atoms with Gasteiger partial charge in [-0.1, -0.05) is 36.7 Å². The quantitative estimate of drug-likeness (QED) is 0.410. The lowest BCUT2D eigenvalue weighted by Crippen LogP contribution is -2.25. The first-order valence-electron chi connectivity index (χ1n) is 9.15. The summed E-state index contributed by atoms with van der Waals surface area (Å²) in [6.07, 6.45) is 0.669. The van der Waals surface area contributed by atoms with Crippen LogP contribution in [-0.4, -0.2) is 17.1 Å². The highest BCUT2D eigenvalue weighted by Gasteiger charge is 2.19. The van der Waals surface area contributed by atoms with Crippen molar-refractivity contribution >= 4 is 57.9 Å². The number of anilines is 2. The van der Waals surface area contributed by atoms with Crippen molar-refractivity contribution < 1.29 is 9.59 Å². The molecule has 1 aromatic heterocycles. The molecule has 1 atom stereocenters. The van der Waals surface area contributed by atoms with Crippen molar-refractivity contribution in [3.05, 3.63) is 75.4 Å². The lowest BCUT2D eigenvalue weighted by Gasteiger charge is -2.17. The molecule has 0 bridgehead atoms. The zero-order valence-corrected chi connectivity index (χ0v) is 18.5. The molecule has 4 nitrogen and oxygen atoms in total. The first kappa shape index (κ1) is 21.4. The first-order chi connectivity index (χ1) is 14.0. The lowest BCUT2D eigenvalue weighted by molar-refractivity contribution is -0.115. The van der Waals surface area contributed by atoms with E-state index in [0.29, 0.717) is 22.0 Å². The fourth-order valence-electron chi connectivity index (χ4n) is 2.69. The summed E-state index contributed by atoms with van der Waals surface area (Å²) in [5.41, 5.74) is 2.27. The predicted octanol–water partition coefficient (Wildman–Crippen LogP) is 6.47. The second-order valence-corrected chi connectivity index (χ2v) is 9.01. The van der Waals surface area contributed by atoms with E-state index in [2.05, 4.69) is 10.6 Å². The maximum absolute atomic E-state index is 12.8. The molecule has 0 aliphatic carbocycles. The van der Waals surface area contributed by atoms with Gasteiger partial charge in [0.15, 0.2) is 0 Å². The number of rotatable bonds is 7. The molecule has 2 aromatic carbocycles. The summed E-state index contributed by atoms with van der Waals surface area (Å²) in [5, 5.41) is 8.10. The van der Waals surface area contributed by atoms with Gasteiger partial charge in [0, 0.05) is 21.3 Å². The fraction of sp³-hybridized carbons (Fsp3) is 0.182. The maximum atomic E-state index is 12.8. The number of hydrogen-bond donors (Lipinski definition) is 2. The molecule has 150 valence electrons. The molecular formula is C22H21ClN2O2S2. The molecule has 3 aromatic rings. The third-order valence-electron chi connectivity index (χ3n) is 4.30. The standard InChI is InChI=1S/C22H21ClN2O2S2/c1-3-19(21(26)25-18-10-5-9-17(23)14(18)2)29-16-8-4-7-15(13-16)24-22(27)20-11-6-12-28-20/h4-13,19H,3H2,1-2H3,(H,24,27)(H,25,26).